The lowest BCUT2D eigenvalue weighted by atomic mass is 10.2. The van der Waals surface area contributed by atoms with Gasteiger partial charge in [0.2, 0.25) is 0 Å². The lowest BCUT2D eigenvalue weighted by molar-refractivity contribution is 0.276. The lowest BCUT2D eigenvalue weighted by Crippen LogP contribution is -2.00. The summed E-state index contributed by atoms with van der Waals surface area (Å²) < 4.78 is 3.64. The molecule has 0 fully saturated rings. The van der Waals surface area contributed by atoms with Gasteiger partial charge in [0.05, 0.1) is 30.7 Å². The maximum atomic E-state index is 9.04. The summed E-state index contributed by atoms with van der Waals surface area (Å²) in [5.74, 6) is 0. The Morgan fingerprint density at radius 1 is 1.00 bits per heavy atom. The van der Waals surface area contributed by atoms with E-state index in [1.807, 2.05) is 59.3 Å². The predicted molar refractivity (Wildman–Crippen MR) is 89.8 cm³/mol. The summed E-state index contributed by atoms with van der Waals surface area (Å²) in [7, 11) is 0. The first kappa shape index (κ1) is 14.4. The molecular weight excluding hydrogens is 304 g/mol. The summed E-state index contributed by atoms with van der Waals surface area (Å²) in [6, 6.07) is 13.8. The zero-order valence-corrected chi connectivity index (χ0v) is 12.9. The molecule has 1 aromatic carbocycles. The Bertz CT molecular complexity index is 924. The van der Waals surface area contributed by atoms with Crippen molar-refractivity contribution in [2.24, 2.45) is 0 Å². The summed E-state index contributed by atoms with van der Waals surface area (Å²) in [5.41, 5.74) is 4.35. The highest BCUT2D eigenvalue weighted by Crippen LogP contribution is 2.14. The minimum Gasteiger partial charge on any atom is -0.390 e. The number of rotatable bonds is 5. The number of pyridine rings is 1. The van der Waals surface area contributed by atoms with E-state index in [4.69, 9.17) is 5.11 Å². The second kappa shape index (κ2) is 6.13. The summed E-state index contributed by atoms with van der Waals surface area (Å²) >= 11 is 0. The van der Waals surface area contributed by atoms with Gasteiger partial charge in [-0.1, -0.05) is 11.3 Å². The zero-order chi connectivity index (χ0) is 16.4. The summed E-state index contributed by atoms with van der Waals surface area (Å²) in [5, 5.41) is 20.2. The highest BCUT2D eigenvalue weighted by Gasteiger charge is 2.03. The normalized spacial score (nSPS) is 11.0. The number of fused-ring (bicyclic) bond motifs is 1. The first-order valence-corrected chi connectivity index (χ1v) is 7.61. The van der Waals surface area contributed by atoms with Crippen molar-refractivity contribution in [3.8, 4) is 5.69 Å². The molecule has 0 radical (unpaired) electrons. The molecule has 3 aromatic heterocycles. The Balaban J connectivity index is 1.45. The van der Waals surface area contributed by atoms with E-state index in [-0.39, 0.29) is 6.61 Å². The number of hydrogen-bond donors (Lipinski definition) is 2. The van der Waals surface area contributed by atoms with Gasteiger partial charge in [0.15, 0.2) is 0 Å². The van der Waals surface area contributed by atoms with Gasteiger partial charge in [0.25, 0.3) is 0 Å². The highest BCUT2D eigenvalue weighted by atomic mass is 16.3. The number of nitrogens with zero attached hydrogens (tertiary/aromatic N) is 5. The van der Waals surface area contributed by atoms with Crippen LogP contribution in [0.5, 0.6) is 0 Å². The van der Waals surface area contributed by atoms with Gasteiger partial charge in [-0.15, -0.1) is 5.10 Å². The van der Waals surface area contributed by atoms with Crippen LogP contribution in [-0.4, -0.2) is 29.5 Å². The van der Waals surface area contributed by atoms with Crippen LogP contribution in [0.1, 0.15) is 11.4 Å². The molecule has 0 aliphatic heterocycles. The number of hydrogen-bond acceptors (Lipinski definition) is 5. The summed E-state index contributed by atoms with van der Waals surface area (Å²) in [6.07, 6.45) is 5.71. The quantitative estimate of drug-likeness (QED) is 0.588. The molecular formula is C17H16N6O. The Morgan fingerprint density at radius 3 is 2.62 bits per heavy atom. The minimum absolute atomic E-state index is 0.112. The molecule has 4 aromatic rings. The molecule has 0 amide bonds. The number of nitrogens with one attached hydrogen (secondary N) is 1. The highest BCUT2D eigenvalue weighted by molar-refractivity contribution is 5.49. The average molecular weight is 320 g/mol. The monoisotopic (exact) mass is 320 g/mol. The van der Waals surface area contributed by atoms with E-state index < -0.39 is 0 Å². The van der Waals surface area contributed by atoms with Gasteiger partial charge in [-0.3, -0.25) is 0 Å². The second-order valence-corrected chi connectivity index (χ2v) is 5.41. The molecule has 0 unspecified atom stereocenters. The first-order chi connectivity index (χ1) is 11.8. The van der Waals surface area contributed by atoms with E-state index in [2.05, 4.69) is 20.6 Å². The molecule has 0 bridgehead atoms. The molecule has 2 N–H and O–H groups in total. The van der Waals surface area contributed by atoms with E-state index >= 15 is 0 Å². The Hall–Kier alpha value is -3.19. The van der Waals surface area contributed by atoms with Gasteiger partial charge >= 0.3 is 0 Å². The number of aliphatic hydroxyl groups is 1. The molecule has 120 valence electrons. The Morgan fingerprint density at radius 2 is 1.88 bits per heavy atom. The number of aromatic nitrogens is 5. The van der Waals surface area contributed by atoms with Crippen LogP contribution < -0.4 is 5.32 Å². The molecule has 0 aliphatic carbocycles. The fourth-order valence-corrected chi connectivity index (χ4v) is 2.49. The smallest absolute Gasteiger partial charge is 0.137 e. The molecule has 7 heteroatoms. The van der Waals surface area contributed by atoms with Gasteiger partial charge in [-0.2, -0.15) is 0 Å². The number of aliphatic hydroxyl groups excluding tert-OH is 1. The van der Waals surface area contributed by atoms with Crippen LogP contribution in [0.15, 0.2) is 61.1 Å². The van der Waals surface area contributed by atoms with E-state index in [1.54, 1.807) is 10.9 Å². The van der Waals surface area contributed by atoms with Gasteiger partial charge in [-0.05, 0) is 36.4 Å². The van der Waals surface area contributed by atoms with Crippen molar-refractivity contribution in [3.63, 3.8) is 0 Å². The van der Waals surface area contributed by atoms with Crippen molar-refractivity contribution in [1.82, 2.24) is 24.4 Å². The minimum atomic E-state index is -0.112. The van der Waals surface area contributed by atoms with Crippen molar-refractivity contribution < 1.29 is 5.11 Å². The molecule has 0 saturated heterocycles. The summed E-state index contributed by atoms with van der Waals surface area (Å²) in [6.45, 7) is 0.539. The predicted octanol–water partition coefficient (Wildman–Crippen LogP) is 2.02. The maximum Gasteiger partial charge on any atom is 0.137 e. The van der Waals surface area contributed by atoms with Crippen molar-refractivity contribution in [2.45, 2.75) is 13.2 Å². The molecule has 0 spiro atoms. The third kappa shape index (κ3) is 2.84. The molecule has 3 heterocycles. The van der Waals surface area contributed by atoms with Crippen LogP contribution in [0.2, 0.25) is 0 Å². The van der Waals surface area contributed by atoms with Gasteiger partial charge in [0.1, 0.15) is 11.3 Å². The summed E-state index contributed by atoms with van der Waals surface area (Å²) in [4.78, 5) is 4.56. The SMILES string of the molecule is OCc1cn(-c2ccc(NCc3cn4ccccc4n3)cc2)nn1. The average Bonchev–Trinajstić information content (AvgIpc) is 3.26. The Labute approximate surface area is 138 Å². The molecule has 0 saturated carbocycles. The van der Waals surface area contributed by atoms with Crippen LogP contribution in [0.3, 0.4) is 0 Å². The van der Waals surface area contributed by atoms with E-state index in [9.17, 15) is 0 Å². The number of imidazole rings is 1. The zero-order valence-electron chi connectivity index (χ0n) is 12.9. The van der Waals surface area contributed by atoms with E-state index in [1.165, 1.54) is 0 Å². The topological polar surface area (TPSA) is 80.3 Å². The molecule has 0 aliphatic rings. The lowest BCUT2D eigenvalue weighted by Gasteiger charge is -2.05. The van der Waals surface area contributed by atoms with E-state index in [0.717, 1.165) is 22.7 Å². The van der Waals surface area contributed by atoms with Crippen LogP contribution >= 0.6 is 0 Å². The maximum absolute atomic E-state index is 9.04. The standard InChI is InChI=1S/C17H16N6O/c24-12-15-11-23(21-20-15)16-6-4-13(5-7-16)18-9-14-10-22-8-2-1-3-17(22)19-14/h1-8,10-11,18,24H,9,12H2. The van der Waals surface area contributed by atoms with Crippen LogP contribution in [0.4, 0.5) is 5.69 Å². The third-order valence-corrected chi connectivity index (χ3v) is 3.72. The largest absolute Gasteiger partial charge is 0.390 e. The second-order valence-electron chi connectivity index (χ2n) is 5.41. The van der Waals surface area contributed by atoms with Crippen molar-refractivity contribution in [1.29, 1.82) is 0 Å². The Kier molecular flexibility index (Phi) is 3.68. The van der Waals surface area contributed by atoms with Gasteiger partial charge in [-0.25, -0.2) is 9.67 Å². The van der Waals surface area contributed by atoms with Crippen molar-refractivity contribution >= 4 is 11.3 Å². The van der Waals surface area contributed by atoms with E-state index in [0.29, 0.717) is 12.2 Å². The number of benzene rings is 1. The van der Waals surface area contributed by atoms with Crippen LogP contribution in [0, 0.1) is 0 Å². The fraction of sp³-hybridized carbons (Fsp3) is 0.118. The molecule has 0 atom stereocenters. The van der Waals surface area contributed by atoms with Gasteiger partial charge < -0.3 is 14.8 Å². The van der Waals surface area contributed by atoms with Crippen LogP contribution in [0.25, 0.3) is 11.3 Å². The van der Waals surface area contributed by atoms with Crippen LogP contribution in [-0.2, 0) is 13.2 Å². The molecule has 24 heavy (non-hydrogen) atoms. The van der Waals surface area contributed by atoms with Crippen molar-refractivity contribution in [3.05, 3.63) is 72.4 Å². The first-order valence-electron chi connectivity index (χ1n) is 7.61. The van der Waals surface area contributed by atoms with Gasteiger partial charge in [0, 0.05) is 18.1 Å². The van der Waals surface area contributed by atoms with Crippen molar-refractivity contribution in [2.75, 3.05) is 5.32 Å². The molecule has 7 nitrogen and oxygen atoms in total. The molecule has 4 rings (SSSR count). The fourth-order valence-electron chi connectivity index (χ4n) is 2.49. The third-order valence-electron chi connectivity index (χ3n) is 3.72. The number of anilines is 1.